The van der Waals surface area contributed by atoms with Crippen molar-refractivity contribution in [1.82, 2.24) is 5.32 Å². The number of nitrogens with one attached hydrogen (secondary N) is 1. The lowest BCUT2D eigenvalue weighted by Gasteiger charge is -2.30. The Kier molecular flexibility index (Phi) is 9.57. The monoisotopic (exact) mass is 417 g/mol. The number of ether oxygens (including phenoxy) is 4. The van der Waals surface area contributed by atoms with Crippen molar-refractivity contribution in [2.45, 2.75) is 33.6 Å². The molecule has 0 atom stereocenters. The van der Waals surface area contributed by atoms with Crippen molar-refractivity contribution in [3.05, 3.63) is 58.4 Å². The molecule has 0 aromatic heterocycles. The molecule has 1 aliphatic heterocycles. The van der Waals surface area contributed by atoms with Gasteiger partial charge in [-0.25, -0.2) is 9.59 Å². The van der Waals surface area contributed by atoms with Crippen LogP contribution in [0.25, 0.3) is 0 Å². The Labute approximate surface area is 178 Å². The molecular formula is C23H31NO6. The highest BCUT2D eigenvalue weighted by Crippen LogP contribution is 2.39. The van der Waals surface area contributed by atoms with E-state index in [-0.39, 0.29) is 13.2 Å². The van der Waals surface area contributed by atoms with Crippen LogP contribution in [0.4, 0.5) is 0 Å². The molecule has 1 aromatic carbocycles. The summed E-state index contributed by atoms with van der Waals surface area (Å²) in [5.74, 6) is -1.56. The van der Waals surface area contributed by atoms with Gasteiger partial charge in [0.2, 0.25) is 0 Å². The third kappa shape index (κ3) is 6.18. The summed E-state index contributed by atoms with van der Waals surface area (Å²) >= 11 is 0. The van der Waals surface area contributed by atoms with E-state index < -0.39 is 17.9 Å². The number of benzene rings is 1. The van der Waals surface area contributed by atoms with Gasteiger partial charge in [0.05, 0.1) is 30.3 Å². The van der Waals surface area contributed by atoms with Gasteiger partial charge < -0.3 is 24.3 Å². The molecule has 164 valence electrons. The minimum atomic E-state index is -0.591. The molecule has 0 radical (unpaired) electrons. The highest BCUT2D eigenvalue weighted by atomic mass is 16.6. The highest BCUT2D eigenvalue weighted by molar-refractivity contribution is 5.99. The summed E-state index contributed by atoms with van der Waals surface area (Å²) < 4.78 is 21.3. The molecule has 0 amide bonds. The van der Waals surface area contributed by atoms with Gasteiger partial charge in [0.1, 0.15) is 13.2 Å². The van der Waals surface area contributed by atoms with E-state index >= 15 is 0 Å². The van der Waals surface area contributed by atoms with Crippen molar-refractivity contribution in [3.63, 3.8) is 0 Å². The molecule has 0 saturated carbocycles. The number of hydrogen-bond acceptors (Lipinski definition) is 7. The number of carbonyl (C=O) groups is 2. The van der Waals surface area contributed by atoms with Crippen LogP contribution in [-0.2, 0) is 28.5 Å². The van der Waals surface area contributed by atoms with Gasteiger partial charge in [0.25, 0.3) is 0 Å². The van der Waals surface area contributed by atoms with E-state index in [0.29, 0.717) is 49.0 Å². The molecule has 0 bridgehead atoms. The summed E-state index contributed by atoms with van der Waals surface area (Å²) in [7, 11) is 0. The van der Waals surface area contributed by atoms with E-state index in [2.05, 4.69) is 5.32 Å². The van der Waals surface area contributed by atoms with E-state index in [1.807, 2.05) is 44.2 Å². The number of allylic oxidation sites excluding steroid dienone is 2. The standard InChI is InChI=1S/C23H31NO6/c1-5-27-12-14-29-22(25)19-16(3)24-17(4)20(23(26)30-15-13-28-6-2)21(19)18-10-8-7-9-11-18/h7-11,21,24H,5-6,12-15H2,1-4H3. The summed E-state index contributed by atoms with van der Waals surface area (Å²) in [4.78, 5) is 25.9. The second-order valence-electron chi connectivity index (χ2n) is 6.71. The van der Waals surface area contributed by atoms with Gasteiger partial charge in [0.15, 0.2) is 0 Å². The number of hydrogen-bond donors (Lipinski definition) is 1. The molecule has 0 aliphatic carbocycles. The fourth-order valence-corrected chi connectivity index (χ4v) is 3.34. The van der Waals surface area contributed by atoms with Crippen molar-refractivity contribution in [3.8, 4) is 0 Å². The first-order valence-corrected chi connectivity index (χ1v) is 10.2. The molecule has 0 spiro atoms. The van der Waals surface area contributed by atoms with Gasteiger partial charge >= 0.3 is 11.9 Å². The summed E-state index contributed by atoms with van der Waals surface area (Å²) in [5, 5.41) is 3.14. The Balaban J connectivity index is 2.32. The van der Waals surface area contributed by atoms with Crippen LogP contribution in [0.15, 0.2) is 52.9 Å². The molecule has 1 aromatic rings. The predicted molar refractivity (Wildman–Crippen MR) is 113 cm³/mol. The minimum Gasteiger partial charge on any atom is -0.460 e. The van der Waals surface area contributed by atoms with E-state index in [0.717, 1.165) is 5.56 Å². The molecule has 1 heterocycles. The number of carbonyl (C=O) groups excluding carboxylic acids is 2. The first-order chi connectivity index (χ1) is 14.5. The first-order valence-electron chi connectivity index (χ1n) is 10.2. The van der Waals surface area contributed by atoms with Gasteiger partial charge in [-0.1, -0.05) is 30.3 Å². The van der Waals surface area contributed by atoms with Crippen LogP contribution in [0.1, 0.15) is 39.2 Å². The lowest BCUT2D eigenvalue weighted by atomic mass is 9.80. The Morgan fingerprint density at radius 3 is 1.70 bits per heavy atom. The topological polar surface area (TPSA) is 83.1 Å². The SMILES string of the molecule is CCOCCOC(=O)C1=C(C)NC(C)=C(C(=O)OCCOCC)C1c1ccccc1. The van der Waals surface area contributed by atoms with E-state index in [4.69, 9.17) is 18.9 Å². The lowest BCUT2D eigenvalue weighted by Crippen LogP contribution is -2.33. The van der Waals surface area contributed by atoms with Gasteiger partial charge in [-0.3, -0.25) is 0 Å². The second kappa shape index (κ2) is 12.1. The van der Waals surface area contributed by atoms with Crippen molar-refractivity contribution in [2.75, 3.05) is 39.6 Å². The van der Waals surface area contributed by atoms with Crippen LogP contribution in [0.2, 0.25) is 0 Å². The normalized spacial score (nSPS) is 14.5. The number of rotatable bonds is 11. The average Bonchev–Trinajstić information content (AvgIpc) is 2.74. The fourth-order valence-electron chi connectivity index (χ4n) is 3.34. The van der Waals surface area contributed by atoms with Crippen LogP contribution < -0.4 is 5.32 Å². The maximum Gasteiger partial charge on any atom is 0.336 e. The summed E-state index contributed by atoms with van der Waals surface area (Å²) in [6, 6.07) is 9.41. The van der Waals surface area contributed by atoms with Gasteiger partial charge in [-0.2, -0.15) is 0 Å². The Hall–Kier alpha value is -2.64. The second-order valence-corrected chi connectivity index (χ2v) is 6.71. The zero-order valence-corrected chi connectivity index (χ0v) is 18.2. The molecule has 1 aliphatic rings. The van der Waals surface area contributed by atoms with Crippen LogP contribution in [0.5, 0.6) is 0 Å². The van der Waals surface area contributed by atoms with E-state index in [1.165, 1.54) is 0 Å². The maximum atomic E-state index is 13.0. The molecule has 0 saturated heterocycles. The molecule has 30 heavy (non-hydrogen) atoms. The van der Waals surface area contributed by atoms with Crippen molar-refractivity contribution in [1.29, 1.82) is 0 Å². The third-order valence-corrected chi connectivity index (χ3v) is 4.66. The maximum absolute atomic E-state index is 13.0. The predicted octanol–water partition coefficient (Wildman–Crippen LogP) is 3.08. The molecule has 0 unspecified atom stereocenters. The first kappa shape index (κ1) is 23.6. The van der Waals surface area contributed by atoms with Crippen LogP contribution in [0, 0.1) is 0 Å². The van der Waals surface area contributed by atoms with Gasteiger partial charge in [0, 0.05) is 24.6 Å². The summed E-state index contributed by atoms with van der Waals surface area (Å²) in [6.45, 7) is 9.37. The largest absolute Gasteiger partial charge is 0.460 e. The van der Waals surface area contributed by atoms with Crippen molar-refractivity contribution < 1.29 is 28.5 Å². The fraction of sp³-hybridized carbons (Fsp3) is 0.478. The quantitative estimate of drug-likeness (QED) is 0.438. The zero-order chi connectivity index (χ0) is 21.9. The number of dihydropyridines is 1. The third-order valence-electron chi connectivity index (χ3n) is 4.66. The molecule has 0 fully saturated rings. The van der Waals surface area contributed by atoms with Gasteiger partial charge in [-0.05, 0) is 33.3 Å². The van der Waals surface area contributed by atoms with Crippen LogP contribution >= 0.6 is 0 Å². The van der Waals surface area contributed by atoms with Crippen LogP contribution in [-0.4, -0.2) is 51.6 Å². The molecular weight excluding hydrogens is 386 g/mol. The zero-order valence-electron chi connectivity index (χ0n) is 18.2. The Morgan fingerprint density at radius 2 is 1.27 bits per heavy atom. The van der Waals surface area contributed by atoms with Crippen molar-refractivity contribution in [2.24, 2.45) is 0 Å². The molecule has 2 rings (SSSR count). The highest BCUT2D eigenvalue weighted by Gasteiger charge is 2.37. The minimum absolute atomic E-state index is 0.141. The van der Waals surface area contributed by atoms with E-state index in [1.54, 1.807) is 13.8 Å². The smallest absolute Gasteiger partial charge is 0.336 e. The van der Waals surface area contributed by atoms with E-state index in [9.17, 15) is 9.59 Å². The number of esters is 2. The molecule has 7 nitrogen and oxygen atoms in total. The molecule has 1 N–H and O–H groups in total. The summed E-state index contributed by atoms with van der Waals surface area (Å²) in [6.07, 6.45) is 0. The Bertz CT molecular complexity index is 738. The van der Waals surface area contributed by atoms with Crippen LogP contribution in [0.3, 0.4) is 0 Å². The lowest BCUT2D eigenvalue weighted by molar-refractivity contribution is -0.141. The average molecular weight is 418 g/mol. The molecule has 7 heteroatoms. The van der Waals surface area contributed by atoms with Crippen molar-refractivity contribution >= 4 is 11.9 Å². The van der Waals surface area contributed by atoms with Gasteiger partial charge in [-0.15, -0.1) is 0 Å². The Morgan fingerprint density at radius 1 is 0.800 bits per heavy atom. The summed E-state index contributed by atoms with van der Waals surface area (Å²) in [5.41, 5.74) is 2.88.